The molecule has 5 nitrogen and oxygen atoms in total. The molecule has 0 amide bonds. The number of carbonyl (C=O) groups excluding carboxylic acids is 1. The normalized spacial score (nSPS) is 22.9. The van der Waals surface area contributed by atoms with Crippen molar-refractivity contribution >= 4 is 5.97 Å². The Labute approximate surface area is 119 Å². The van der Waals surface area contributed by atoms with Crippen LogP contribution in [0.4, 0.5) is 0 Å². The zero-order valence-corrected chi connectivity index (χ0v) is 11.9. The fraction of sp³-hybridized carbons (Fsp3) is 0.600. The van der Waals surface area contributed by atoms with Crippen molar-refractivity contribution in [3.05, 3.63) is 23.9 Å². The number of esters is 1. The molecule has 2 atom stereocenters. The van der Waals surface area contributed by atoms with Crippen LogP contribution in [0.25, 0.3) is 0 Å². The van der Waals surface area contributed by atoms with Crippen molar-refractivity contribution in [2.75, 3.05) is 6.61 Å². The van der Waals surface area contributed by atoms with Crippen LogP contribution in [-0.2, 0) is 4.74 Å². The SMILES string of the molecule is CCOC(=O)c1cccnc1OC1CCCCCC1N. The van der Waals surface area contributed by atoms with Gasteiger partial charge in [0.2, 0.25) is 5.88 Å². The Morgan fingerprint density at radius 1 is 1.40 bits per heavy atom. The van der Waals surface area contributed by atoms with Gasteiger partial charge in [0, 0.05) is 12.2 Å². The first-order chi connectivity index (χ1) is 9.72. The number of aromatic nitrogens is 1. The Morgan fingerprint density at radius 2 is 2.20 bits per heavy atom. The number of ether oxygens (including phenoxy) is 2. The summed E-state index contributed by atoms with van der Waals surface area (Å²) < 4.78 is 10.9. The van der Waals surface area contributed by atoms with Gasteiger partial charge in [-0.2, -0.15) is 0 Å². The van der Waals surface area contributed by atoms with Crippen LogP contribution in [0.15, 0.2) is 18.3 Å². The molecule has 1 saturated carbocycles. The maximum atomic E-state index is 11.9. The van der Waals surface area contributed by atoms with Gasteiger partial charge in [0.1, 0.15) is 11.7 Å². The molecule has 5 heteroatoms. The highest BCUT2D eigenvalue weighted by molar-refractivity contribution is 5.91. The number of hydrogen-bond donors (Lipinski definition) is 1. The number of nitrogens with two attached hydrogens (primary N) is 1. The smallest absolute Gasteiger partial charge is 0.343 e. The first-order valence-corrected chi connectivity index (χ1v) is 7.26. The molecule has 2 rings (SSSR count). The van der Waals surface area contributed by atoms with Gasteiger partial charge >= 0.3 is 5.97 Å². The summed E-state index contributed by atoms with van der Waals surface area (Å²) in [6.07, 6.45) is 6.79. The lowest BCUT2D eigenvalue weighted by Gasteiger charge is -2.23. The summed E-state index contributed by atoms with van der Waals surface area (Å²) in [5.41, 5.74) is 6.51. The van der Waals surface area contributed by atoms with E-state index in [-0.39, 0.29) is 12.1 Å². The maximum Gasteiger partial charge on any atom is 0.343 e. The molecule has 0 saturated heterocycles. The topological polar surface area (TPSA) is 74.4 Å². The van der Waals surface area contributed by atoms with E-state index in [1.54, 1.807) is 25.3 Å². The van der Waals surface area contributed by atoms with Gasteiger partial charge in [-0.05, 0) is 38.3 Å². The van der Waals surface area contributed by atoms with Gasteiger partial charge in [0.25, 0.3) is 0 Å². The fourth-order valence-corrected chi connectivity index (χ4v) is 2.44. The molecule has 2 unspecified atom stereocenters. The zero-order valence-electron chi connectivity index (χ0n) is 11.9. The predicted molar refractivity (Wildman–Crippen MR) is 75.7 cm³/mol. The van der Waals surface area contributed by atoms with Crippen molar-refractivity contribution in [3.63, 3.8) is 0 Å². The lowest BCUT2D eigenvalue weighted by molar-refractivity contribution is 0.0514. The van der Waals surface area contributed by atoms with Gasteiger partial charge in [0.15, 0.2) is 0 Å². The van der Waals surface area contributed by atoms with Gasteiger partial charge in [-0.1, -0.05) is 12.8 Å². The monoisotopic (exact) mass is 278 g/mol. The van der Waals surface area contributed by atoms with E-state index in [1.165, 1.54) is 6.42 Å². The molecule has 1 aromatic rings. The second kappa shape index (κ2) is 7.24. The average Bonchev–Trinajstić information content (AvgIpc) is 2.65. The number of nitrogens with zero attached hydrogens (tertiary/aromatic N) is 1. The van der Waals surface area contributed by atoms with Gasteiger partial charge in [0.05, 0.1) is 6.61 Å². The van der Waals surface area contributed by atoms with E-state index < -0.39 is 5.97 Å². The van der Waals surface area contributed by atoms with Crippen LogP contribution in [0.5, 0.6) is 5.88 Å². The van der Waals surface area contributed by atoms with E-state index in [1.807, 2.05) is 0 Å². The van der Waals surface area contributed by atoms with Crippen LogP contribution in [0.1, 0.15) is 49.4 Å². The summed E-state index contributed by atoms with van der Waals surface area (Å²) in [4.78, 5) is 16.0. The van der Waals surface area contributed by atoms with Crippen LogP contribution in [-0.4, -0.2) is 29.7 Å². The third-order valence-electron chi connectivity index (χ3n) is 3.53. The molecule has 20 heavy (non-hydrogen) atoms. The van der Waals surface area contributed by atoms with Crippen molar-refractivity contribution in [2.45, 2.75) is 51.2 Å². The standard InChI is InChI=1S/C15H22N2O3/c1-2-19-15(18)11-7-6-10-17-14(11)20-13-9-5-3-4-8-12(13)16/h6-7,10,12-13H,2-5,8-9,16H2,1H3. The minimum absolute atomic E-state index is 0.00504. The molecule has 0 spiro atoms. The van der Waals surface area contributed by atoms with E-state index in [4.69, 9.17) is 15.2 Å². The van der Waals surface area contributed by atoms with Gasteiger partial charge in [-0.25, -0.2) is 9.78 Å². The first kappa shape index (κ1) is 14.8. The molecule has 1 fully saturated rings. The second-order valence-electron chi connectivity index (χ2n) is 5.03. The summed E-state index contributed by atoms with van der Waals surface area (Å²) >= 11 is 0. The highest BCUT2D eigenvalue weighted by Gasteiger charge is 2.25. The van der Waals surface area contributed by atoms with E-state index in [0.717, 1.165) is 25.7 Å². The minimum Gasteiger partial charge on any atom is -0.472 e. The summed E-state index contributed by atoms with van der Waals surface area (Å²) in [5.74, 6) is -0.0777. The minimum atomic E-state index is -0.405. The van der Waals surface area contributed by atoms with Gasteiger partial charge in [-0.3, -0.25) is 0 Å². The first-order valence-electron chi connectivity index (χ1n) is 7.26. The molecule has 0 radical (unpaired) electrons. The number of rotatable bonds is 4. The highest BCUT2D eigenvalue weighted by atomic mass is 16.5. The molecule has 0 bridgehead atoms. The molecular formula is C15H22N2O3. The van der Waals surface area contributed by atoms with Crippen molar-refractivity contribution < 1.29 is 14.3 Å². The summed E-state index contributed by atoms with van der Waals surface area (Å²) in [6.45, 7) is 2.10. The predicted octanol–water partition coefficient (Wildman–Crippen LogP) is 2.30. The lowest BCUT2D eigenvalue weighted by atomic mass is 10.1. The summed E-state index contributed by atoms with van der Waals surface area (Å²) in [7, 11) is 0. The van der Waals surface area contributed by atoms with Crippen LogP contribution in [0.3, 0.4) is 0 Å². The Kier molecular flexibility index (Phi) is 5.35. The molecular weight excluding hydrogens is 256 g/mol. The second-order valence-corrected chi connectivity index (χ2v) is 5.03. The van der Waals surface area contributed by atoms with E-state index >= 15 is 0 Å². The third-order valence-corrected chi connectivity index (χ3v) is 3.53. The Hall–Kier alpha value is -1.62. The van der Waals surface area contributed by atoms with Crippen molar-refractivity contribution in [1.29, 1.82) is 0 Å². The number of carbonyl (C=O) groups is 1. The number of hydrogen-bond acceptors (Lipinski definition) is 5. The van der Waals surface area contributed by atoms with Crippen molar-refractivity contribution in [3.8, 4) is 5.88 Å². The maximum absolute atomic E-state index is 11.9. The van der Waals surface area contributed by atoms with Crippen LogP contribution in [0, 0.1) is 0 Å². The van der Waals surface area contributed by atoms with Crippen LogP contribution in [0.2, 0.25) is 0 Å². The molecule has 1 aliphatic carbocycles. The quantitative estimate of drug-likeness (QED) is 0.675. The molecule has 1 aromatic heterocycles. The summed E-state index contributed by atoms with van der Waals surface area (Å²) in [6, 6.07) is 3.36. The molecule has 0 aromatic carbocycles. The van der Waals surface area contributed by atoms with E-state index in [0.29, 0.717) is 18.1 Å². The average molecular weight is 278 g/mol. The summed E-state index contributed by atoms with van der Waals surface area (Å²) in [5, 5.41) is 0. The van der Waals surface area contributed by atoms with Gasteiger partial charge < -0.3 is 15.2 Å². The largest absolute Gasteiger partial charge is 0.472 e. The Morgan fingerprint density at radius 3 is 3.00 bits per heavy atom. The molecule has 110 valence electrons. The lowest BCUT2D eigenvalue weighted by Crippen LogP contribution is -2.38. The zero-order chi connectivity index (χ0) is 14.4. The van der Waals surface area contributed by atoms with Crippen molar-refractivity contribution in [1.82, 2.24) is 4.98 Å². The van der Waals surface area contributed by atoms with E-state index in [9.17, 15) is 4.79 Å². The Bertz CT molecular complexity index is 450. The Balaban J connectivity index is 2.13. The van der Waals surface area contributed by atoms with E-state index in [2.05, 4.69) is 4.98 Å². The van der Waals surface area contributed by atoms with Gasteiger partial charge in [-0.15, -0.1) is 0 Å². The highest BCUT2D eigenvalue weighted by Crippen LogP contribution is 2.23. The fourth-order valence-electron chi connectivity index (χ4n) is 2.44. The van der Waals surface area contributed by atoms with Crippen LogP contribution >= 0.6 is 0 Å². The van der Waals surface area contributed by atoms with Crippen molar-refractivity contribution in [2.24, 2.45) is 5.73 Å². The third kappa shape index (κ3) is 3.70. The molecule has 1 heterocycles. The number of pyridine rings is 1. The molecule has 2 N–H and O–H groups in total. The molecule has 0 aliphatic heterocycles. The molecule has 1 aliphatic rings. The van der Waals surface area contributed by atoms with Crippen LogP contribution < -0.4 is 10.5 Å².